The molecule has 2 heteroatoms. The van der Waals surface area contributed by atoms with Crippen LogP contribution in [0.3, 0.4) is 0 Å². The second kappa shape index (κ2) is 12.1. The van der Waals surface area contributed by atoms with Gasteiger partial charge in [0.25, 0.3) is 0 Å². The second-order valence-electron chi connectivity index (χ2n) is 11.0. The standard InChI is InChI=1S/C39H40O2/c1-6-27(5)29-16-18-31(19-17-29)33-21-23-35-34-22-20-32(25-36(34)39(8-3,9-4)37(35)26-33)30-14-12-28(13-15-30)11-10-24-41-38(40)7-2/h7,12-23,25-26H,2,5-6,8-11,24H2,1,3-4H3. The number of carbonyl (C=O) groups excluding carboxylic acids is 1. The molecule has 0 aliphatic heterocycles. The summed E-state index contributed by atoms with van der Waals surface area (Å²) in [7, 11) is 0. The van der Waals surface area contributed by atoms with Crippen molar-refractivity contribution in [3.8, 4) is 33.4 Å². The summed E-state index contributed by atoms with van der Waals surface area (Å²) in [6.45, 7) is 14.9. The molecule has 0 amide bonds. The molecule has 0 fully saturated rings. The first-order valence-electron chi connectivity index (χ1n) is 14.9. The Morgan fingerprint density at radius 2 is 1.27 bits per heavy atom. The number of allylic oxidation sites excluding steroid dienone is 1. The van der Waals surface area contributed by atoms with Crippen LogP contribution < -0.4 is 0 Å². The molecule has 1 aliphatic carbocycles. The van der Waals surface area contributed by atoms with Gasteiger partial charge in [-0.05, 0) is 105 Å². The predicted molar refractivity (Wildman–Crippen MR) is 173 cm³/mol. The zero-order chi connectivity index (χ0) is 29.0. The molecule has 2 nitrogen and oxygen atoms in total. The monoisotopic (exact) mass is 540 g/mol. The van der Waals surface area contributed by atoms with Crippen molar-refractivity contribution in [3.63, 3.8) is 0 Å². The van der Waals surface area contributed by atoms with Gasteiger partial charge in [-0.2, -0.15) is 0 Å². The third kappa shape index (κ3) is 5.44. The Hall–Kier alpha value is -4.17. The summed E-state index contributed by atoms with van der Waals surface area (Å²) >= 11 is 0. The van der Waals surface area contributed by atoms with Gasteiger partial charge in [-0.25, -0.2) is 4.79 Å². The number of hydrogen-bond acceptors (Lipinski definition) is 2. The van der Waals surface area contributed by atoms with Crippen LogP contribution in [-0.2, 0) is 21.4 Å². The fraction of sp³-hybridized carbons (Fsp3) is 0.256. The van der Waals surface area contributed by atoms with Gasteiger partial charge in [-0.15, -0.1) is 0 Å². The fourth-order valence-electron chi connectivity index (χ4n) is 6.34. The summed E-state index contributed by atoms with van der Waals surface area (Å²) in [5, 5.41) is 0. The number of carbonyl (C=O) groups is 1. The van der Waals surface area contributed by atoms with E-state index in [9.17, 15) is 4.79 Å². The number of rotatable bonds is 11. The lowest BCUT2D eigenvalue weighted by Crippen LogP contribution is -2.23. The van der Waals surface area contributed by atoms with Crippen molar-refractivity contribution in [3.05, 3.63) is 126 Å². The van der Waals surface area contributed by atoms with Gasteiger partial charge in [0, 0.05) is 11.5 Å². The molecule has 0 bridgehead atoms. The molecule has 0 spiro atoms. The van der Waals surface area contributed by atoms with E-state index in [4.69, 9.17) is 4.74 Å². The van der Waals surface area contributed by atoms with E-state index in [1.54, 1.807) is 0 Å². The summed E-state index contributed by atoms with van der Waals surface area (Å²) in [6.07, 6.45) is 5.96. The van der Waals surface area contributed by atoms with Crippen molar-refractivity contribution in [2.45, 2.75) is 58.3 Å². The highest BCUT2D eigenvalue weighted by Crippen LogP contribution is 2.54. The minimum absolute atomic E-state index is 0.00403. The van der Waals surface area contributed by atoms with Crippen LogP contribution in [0.25, 0.3) is 39.0 Å². The van der Waals surface area contributed by atoms with E-state index in [2.05, 4.69) is 119 Å². The van der Waals surface area contributed by atoms with Crippen molar-refractivity contribution < 1.29 is 9.53 Å². The first-order chi connectivity index (χ1) is 19.9. The Bertz CT molecular complexity index is 1570. The SMILES string of the molecule is C=CC(=O)OCCCc1ccc(-c2ccc3c(c2)C(CC)(CC)c2cc(-c4ccc(C(=C)CC)cc4)ccc2-3)cc1. The maximum absolute atomic E-state index is 11.2. The van der Waals surface area contributed by atoms with Crippen LogP contribution >= 0.6 is 0 Å². The number of hydrogen-bond donors (Lipinski definition) is 0. The van der Waals surface area contributed by atoms with Gasteiger partial charge in [0.2, 0.25) is 0 Å². The largest absolute Gasteiger partial charge is 0.463 e. The van der Waals surface area contributed by atoms with Crippen LogP contribution in [0.5, 0.6) is 0 Å². The van der Waals surface area contributed by atoms with Crippen molar-refractivity contribution in [1.82, 2.24) is 0 Å². The zero-order valence-electron chi connectivity index (χ0n) is 24.6. The molecule has 5 rings (SSSR count). The van der Waals surface area contributed by atoms with Gasteiger partial charge in [0.1, 0.15) is 0 Å². The Morgan fingerprint density at radius 3 is 1.76 bits per heavy atom. The van der Waals surface area contributed by atoms with Crippen molar-refractivity contribution in [2.24, 2.45) is 0 Å². The van der Waals surface area contributed by atoms with Gasteiger partial charge in [0.15, 0.2) is 0 Å². The van der Waals surface area contributed by atoms with Gasteiger partial charge >= 0.3 is 5.97 Å². The number of esters is 1. The van der Waals surface area contributed by atoms with Gasteiger partial charge in [0.05, 0.1) is 6.61 Å². The van der Waals surface area contributed by atoms with E-state index < -0.39 is 0 Å². The maximum atomic E-state index is 11.2. The molecule has 4 aromatic rings. The third-order valence-electron chi connectivity index (χ3n) is 8.93. The molecule has 0 saturated heterocycles. The molecule has 41 heavy (non-hydrogen) atoms. The minimum Gasteiger partial charge on any atom is -0.463 e. The summed E-state index contributed by atoms with van der Waals surface area (Å²) < 4.78 is 5.11. The Labute approximate surface area is 245 Å². The van der Waals surface area contributed by atoms with Gasteiger partial charge < -0.3 is 4.74 Å². The smallest absolute Gasteiger partial charge is 0.330 e. The van der Waals surface area contributed by atoms with Crippen molar-refractivity contribution >= 4 is 11.5 Å². The lowest BCUT2D eigenvalue weighted by Gasteiger charge is -2.30. The average molecular weight is 541 g/mol. The first-order valence-corrected chi connectivity index (χ1v) is 14.9. The van der Waals surface area contributed by atoms with Gasteiger partial charge in [-0.3, -0.25) is 0 Å². The second-order valence-corrected chi connectivity index (χ2v) is 11.0. The Morgan fingerprint density at radius 1 is 0.756 bits per heavy atom. The summed E-state index contributed by atoms with van der Waals surface area (Å²) in [5.74, 6) is -0.363. The quantitative estimate of drug-likeness (QED) is 0.107. The molecular weight excluding hydrogens is 500 g/mol. The number of aryl methyl sites for hydroxylation is 1. The Kier molecular flexibility index (Phi) is 8.40. The van der Waals surface area contributed by atoms with Crippen molar-refractivity contribution in [1.29, 1.82) is 0 Å². The van der Waals surface area contributed by atoms with E-state index in [0.717, 1.165) is 32.1 Å². The molecule has 208 valence electrons. The molecule has 0 heterocycles. The van der Waals surface area contributed by atoms with E-state index in [-0.39, 0.29) is 11.4 Å². The lowest BCUT2D eigenvalue weighted by atomic mass is 9.73. The predicted octanol–water partition coefficient (Wildman–Crippen LogP) is 10.2. The third-order valence-corrected chi connectivity index (χ3v) is 8.93. The highest BCUT2D eigenvalue weighted by molar-refractivity contribution is 5.86. The van der Waals surface area contributed by atoms with E-state index in [1.165, 1.54) is 67.3 Å². The number of fused-ring (bicyclic) bond motifs is 3. The topological polar surface area (TPSA) is 26.3 Å². The minimum atomic E-state index is -0.363. The lowest BCUT2D eigenvalue weighted by molar-refractivity contribution is -0.137. The molecular formula is C39H40O2. The van der Waals surface area contributed by atoms with Crippen LogP contribution in [0.2, 0.25) is 0 Å². The molecule has 1 aliphatic rings. The number of benzene rings is 4. The van der Waals surface area contributed by atoms with E-state index in [0.29, 0.717) is 6.61 Å². The summed E-state index contributed by atoms with van der Waals surface area (Å²) in [5.41, 5.74) is 14.2. The van der Waals surface area contributed by atoms with Crippen LogP contribution in [0.1, 0.15) is 68.7 Å². The Balaban J connectivity index is 1.42. The first kappa shape index (κ1) is 28.4. The normalized spacial score (nSPS) is 12.9. The van der Waals surface area contributed by atoms with Gasteiger partial charge in [-0.1, -0.05) is 107 Å². The highest BCUT2D eigenvalue weighted by atomic mass is 16.5. The van der Waals surface area contributed by atoms with E-state index in [1.807, 2.05) is 0 Å². The molecule has 0 aromatic heterocycles. The zero-order valence-corrected chi connectivity index (χ0v) is 24.6. The average Bonchev–Trinajstić information content (AvgIpc) is 3.31. The van der Waals surface area contributed by atoms with Crippen LogP contribution in [0.4, 0.5) is 0 Å². The molecule has 0 unspecified atom stereocenters. The fourth-order valence-corrected chi connectivity index (χ4v) is 6.34. The maximum Gasteiger partial charge on any atom is 0.330 e. The van der Waals surface area contributed by atoms with E-state index >= 15 is 0 Å². The molecule has 0 N–H and O–H groups in total. The van der Waals surface area contributed by atoms with Crippen LogP contribution in [0.15, 0.2) is 104 Å². The molecule has 0 radical (unpaired) electrons. The van der Waals surface area contributed by atoms with Crippen LogP contribution in [0, 0.1) is 0 Å². The number of ether oxygens (including phenoxy) is 1. The highest BCUT2D eigenvalue weighted by Gasteiger charge is 2.40. The summed E-state index contributed by atoms with van der Waals surface area (Å²) in [4.78, 5) is 11.2. The molecule has 4 aromatic carbocycles. The molecule has 0 atom stereocenters. The van der Waals surface area contributed by atoms with Crippen molar-refractivity contribution in [2.75, 3.05) is 6.61 Å². The summed E-state index contributed by atoms with van der Waals surface area (Å²) in [6, 6.07) is 31.7. The molecule has 0 saturated carbocycles. The van der Waals surface area contributed by atoms with Crippen LogP contribution in [-0.4, -0.2) is 12.6 Å².